The van der Waals surface area contributed by atoms with E-state index in [0.29, 0.717) is 17.4 Å². The van der Waals surface area contributed by atoms with Crippen LogP contribution in [0.5, 0.6) is 0 Å². The summed E-state index contributed by atoms with van der Waals surface area (Å²) in [5.41, 5.74) is 5.52. The average molecular weight is 216 g/mol. The Morgan fingerprint density at radius 1 is 1.71 bits per heavy atom. The molecule has 2 N–H and O–H groups in total. The molecular weight excluding hydrogens is 205 g/mol. The summed E-state index contributed by atoms with van der Waals surface area (Å²) in [6, 6.07) is 1.49. The van der Waals surface area contributed by atoms with Crippen LogP contribution in [0.3, 0.4) is 0 Å². The third-order valence-corrected chi connectivity index (χ3v) is 2.68. The molecule has 0 saturated carbocycles. The van der Waals surface area contributed by atoms with E-state index < -0.39 is 0 Å². The highest BCUT2D eigenvalue weighted by molar-refractivity contribution is 6.30. The molecule has 1 aliphatic rings. The summed E-state index contributed by atoms with van der Waals surface area (Å²) in [5.74, 6) is -0.0215. The molecule has 1 fully saturated rings. The molecule has 1 aromatic heterocycles. The topological polar surface area (TPSA) is 42.1 Å². The van der Waals surface area contributed by atoms with Crippen LogP contribution in [0.15, 0.2) is 12.3 Å². The van der Waals surface area contributed by atoms with Crippen LogP contribution in [-0.2, 0) is 0 Å². The number of rotatable bonds is 2. The molecule has 0 aliphatic carbocycles. The molecule has 76 valence electrons. The van der Waals surface area contributed by atoms with Crippen molar-refractivity contribution in [1.82, 2.24) is 4.98 Å². The van der Waals surface area contributed by atoms with Crippen LogP contribution in [0.25, 0.3) is 0 Å². The van der Waals surface area contributed by atoms with E-state index in [2.05, 4.69) is 4.98 Å². The Bertz CT molecular complexity index is 343. The summed E-state index contributed by atoms with van der Waals surface area (Å²) in [7, 11) is 0. The van der Waals surface area contributed by atoms with Gasteiger partial charge in [-0.25, -0.2) is 9.37 Å². The van der Waals surface area contributed by atoms with Crippen molar-refractivity contribution in [3.8, 4) is 0 Å². The van der Waals surface area contributed by atoms with Crippen LogP contribution in [0.4, 0.5) is 10.2 Å². The number of anilines is 1. The molecule has 3 nitrogen and oxygen atoms in total. The van der Waals surface area contributed by atoms with Crippen LogP contribution in [0, 0.1) is 5.82 Å². The maximum Gasteiger partial charge on any atom is 0.167 e. The van der Waals surface area contributed by atoms with E-state index in [-0.39, 0.29) is 11.9 Å². The monoisotopic (exact) mass is 215 g/mol. The second-order valence-corrected chi connectivity index (χ2v) is 3.77. The van der Waals surface area contributed by atoms with Crippen molar-refractivity contribution < 1.29 is 4.39 Å². The number of aromatic nitrogens is 1. The lowest BCUT2D eigenvalue weighted by atomic mass is 10.0. The zero-order valence-electron chi connectivity index (χ0n) is 7.58. The van der Waals surface area contributed by atoms with Crippen molar-refractivity contribution in [2.24, 2.45) is 5.73 Å². The van der Waals surface area contributed by atoms with Gasteiger partial charge in [-0.1, -0.05) is 11.6 Å². The maximum absolute atomic E-state index is 13.4. The summed E-state index contributed by atoms with van der Waals surface area (Å²) in [5, 5.41) is 0.316. The van der Waals surface area contributed by atoms with Gasteiger partial charge in [0.05, 0.1) is 5.02 Å². The smallest absolute Gasteiger partial charge is 0.167 e. The Labute approximate surface area is 86.7 Å². The summed E-state index contributed by atoms with van der Waals surface area (Å²) in [4.78, 5) is 5.83. The zero-order valence-corrected chi connectivity index (χ0v) is 8.34. The summed E-state index contributed by atoms with van der Waals surface area (Å²) >= 11 is 5.61. The standard InChI is InChI=1S/C9H11ClFN3/c10-6-3-8(11)9(13-5-6)14-2-1-7(14)4-12/h3,5,7H,1-2,4,12H2. The van der Waals surface area contributed by atoms with Crippen molar-refractivity contribution in [3.63, 3.8) is 0 Å². The maximum atomic E-state index is 13.4. The van der Waals surface area contributed by atoms with Gasteiger partial charge in [0, 0.05) is 25.3 Å². The van der Waals surface area contributed by atoms with Gasteiger partial charge in [0.15, 0.2) is 11.6 Å². The first kappa shape index (κ1) is 9.68. The molecule has 0 aromatic carbocycles. The van der Waals surface area contributed by atoms with E-state index in [1.54, 1.807) is 0 Å². The Morgan fingerprint density at radius 2 is 2.50 bits per heavy atom. The van der Waals surface area contributed by atoms with Gasteiger partial charge in [-0.15, -0.1) is 0 Å². The second-order valence-electron chi connectivity index (χ2n) is 3.33. The van der Waals surface area contributed by atoms with Crippen LogP contribution in [0.2, 0.25) is 5.02 Å². The van der Waals surface area contributed by atoms with Gasteiger partial charge in [-0.2, -0.15) is 0 Å². The van der Waals surface area contributed by atoms with Gasteiger partial charge < -0.3 is 10.6 Å². The zero-order chi connectivity index (χ0) is 10.1. The number of nitrogens with two attached hydrogens (primary N) is 1. The quantitative estimate of drug-likeness (QED) is 0.811. The fraction of sp³-hybridized carbons (Fsp3) is 0.444. The third kappa shape index (κ3) is 1.55. The highest BCUT2D eigenvalue weighted by Gasteiger charge is 2.29. The van der Waals surface area contributed by atoms with E-state index in [4.69, 9.17) is 17.3 Å². The molecule has 2 rings (SSSR count). The minimum atomic E-state index is -0.379. The molecular formula is C9H11ClFN3. The van der Waals surface area contributed by atoms with Gasteiger partial charge in [0.25, 0.3) is 0 Å². The number of hydrogen-bond donors (Lipinski definition) is 1. The van der Waals surface area contributed by atoms with Gasteiger partial charge in [-0.05, 0) is 12.5 Å². The molecule has 14 heavy (non-hydrogen) atoms. The van der Waals surface area contributed by atoms with E-state index in [0.717, 1.165) is 13.0 Å². The van der Waals surface area contributed by atoms with E-state index in [1.807, 2.05) is 4.90 Å². The Morgan fingerprint density at radius 3 is 3.00 bits per heavy atom. The van der Waals surface area contributed by atoms with Crippen molar-refractivity contribution in [1.29, 1.82) is 0 Å². The van der Waals surface area contributed by atoms with Crippen molar-refractivity contribution in [3.05, 3.63) is 23.1 Å². The largest absolute Gasteiger partial charge is 0.350 e. The molecule has 1 unspecified atom stereocenters. The van der Waals surface area contributed by atoms with Gasteiger partial charge >= 0.3 is 0 Å². The van der Waals surface area contributed by atoms with Crippen molar-refractivity contribution in [2.75, 3.05) is 18.0 Å². The number of pyridine rings is 1. The van der Waals surface area contributed by atoms with Crippen molar-refractivity contribution >= 4 is 17.4 Å². The fourth-order valence-electron chi connectivity index (χ4n) is 1.58. The molecule has 1 aliphatic heterocycles. The molecule has 1 saturated heterocycles. The Kier molecular flexibility index (Phi) is 2.56. The SMILES string of the molecule is NCC1CCN1c1ncc(Cl)cc1F. The molecule has 1 aromatic rings. The van der Waals surface area contributed by atoms with E-state index in [1.165, 1.54) is 12.3 Å². The van der Waals surface area contributed by atoms with Crippen LogP contribution in [0.1, 0.15) is 6.42 Å². The van der Waals surface area contributed by atoms with Gasteiger partial charge in [-0.3, -0.25) is 0 Å². The van der Waals surface area contributed by atoms with Crippen LogP contribution >= 0.6 is 11.6 Å². The number of nitrogens with zero attached hydrogens (tertiary/aromatic N) is 2. The molecule has 0 amide bonds. The van der Waals surface area contributed by atoms with Gasteiger partial charge in [0.2, 0.25) is 0 Å². The Hall–Kier alpha value is -0.870. The number of halogens is 2. The first-order chi connectivity index (χ1) is 6.72. The lowest BCUT2D eigenvalue weighted by Crippen LogP contribution is -2.52. The molecule has 0 spiro atoms. The van der Waals surface area contributed by atoms with Crippen LogP contribution in [-0.4, -0.2) is 24.1 Å². The van der Waals surface area contributed by atoms with E-state index in [9.17, 15) is 4.39 Å². The lowest BCUT2D eigenvalue weighted by Gasteiger charge is -2.41. The first-order valence-electron chi connectivity index (χ1n) is 4.50. The second kappa shape index (κ2) is 3.71. The molecule has 0 radical (unpaired) electrons. The lowest BCUT2D eigenvalue weighted by molar-refractivity contribution is 0.441. The molecule has 1 atom stereocenters. The molecule has 5 heteroatoms. The number of hydrogen-bond acceptors (Lipinski definition) is 3. The minimum Gasteiger partial charge on any atom is -0.350 e. The summed E-state index contributed by atoms with van der Waals surface area (Å²) in [6.45, 7) is 1.34. The average Bonchev–Trinajstić information content (AvgIpc) is 2.08. The Balaban J connectivity index is 2.24. The molecule has 0 bridgehead atoms. The predicted molar refractivity (Wildman–Crippen MR) is 54.0 cm³/mol. The third-order valence-electron chi connectivity index (χ3n) is 2.48. The molecule has 2 heterocycles. The predicted octanol–water partition coefficient (Wildman–Crippen LogP) is 1.41. The highest BCUT2D eigenvalue weighted by atomic mass is 35.5. The van der Waals surface area contributed by atoms with E-state index >= 15 is 0 Å². The van der Waals surface area contributed by atoms with Crippen LogP contribution < -0.4 is 10.6 Å². The summed E-state index contributed by atoms with van der Waals surface area (Å²) < 4.78 is 13.4. The fourth-order valence-corrected chi connectivity index (χ4v) is 1.73. The van der Waals surface area contributed by atoms with Gasteiger partial charge in [0.1, 0.15) is 0 Å². The highest BCUT2D eigenvalue weighted by Crippen LogP contribution is 2.27. The first-order valence-corrected chi connectivity index (χ1v) is 4.88. The normalized spacial score (nSPS) is 20.8. The summed E-state index contributed by atoms with van der Waals surface area (Å²) in [6.07, 6.45) is 2.45. The van der Waals surface area contributed by atoms with Crippen molar-refractivity contribution in [2.45, 2.75) is 12.5 Å². The minimum absolute atomic E-state index is 0.221.